The van der Waals surface area contributed by atoms with Gasteiger partial charge in [-0.1, -0.05) is 29.4 Å². The van der Waals surface area contributed by atoms with Gasteiger partial charge in [-0.3, -0.25) is 0 Å². The van der Waals surface area contributed by atoms with Crippen LogP contribution in [0.15, 0.2) is 47.1 Å². The lowest BCUT2D eigenvalue weighted by molar-refractivity contribution is -0.132. The number of phenols is 2. The number of hydrogen-bond donors (Lipinski definition) is 4. The van der Waals surface area contributed by atoms with E-state index in [-0.39, 0.29) is 11.5 Å². The maximum absolute atomic E-state index is 11.4. The van der Waals surface area contributed by atoms with Crippen LogP contribution in [0.1, 0.15) is 83.8 Å². The van der Waals surface area contributed by atoms with Crippen LogP contribution in [-0.4, -0.2) is 32.0 Å². The van der Waals surface area contributed by atoms with Crippen molar-refractivity contribution in [3.05, 3.63) is 58.2 Å². The van der Waals surface area contributed by atoms with E-state index in [1.807, 2.05) is 26.8 Å². The largest absolute Gasteiger partial charge is 0.508 e. The lowest BCUT2D eigenvalue weighted by atomic mass is 9.91. The van der Waals surface area contributed by atoms with E-state index >= 15 is 0 Å². The third-order valence-electron chi connectivity index (χ3n) is 5.64. The highest BCUT2D eigenvalue weighted by atomic mass is 16.4. The number of benzene rings is 1. The molecule has 0 unspecified atom stereocenters. The number of aliphatic hydroxyl groups is 1. The summed E-state index contributed by atoms with van der Waals surface area (Å²) in [5.41, 5.74) is 3.20. The molecule has 0 bridgehead atoms. The quantitative estimate of drug-likeness (QED) is 0.161. The Hall–Kier alpha value is -2.53. The Labute approximate surface area is 192 Å². The third kappa shape index (κ3) is 10.7. The summed E-state index contributed by atoms with van der Waals surface area (Å²) in [7, 11) is 0. The van der Waals surface area contributed by atoms with Gasteiger partial charge in [0.1, 0.15) is 11.5 Å². The van der Waals surface area contributed by atoms with Crippen molar-refractivity contribution in [2.24, 2.45) is 0 Å². The van der Waals surface area contributed by atoms with Crippen LogP contribution >= 0.6 is 0 Å². The highest BCUT2D eigenvalue weighted by Gasteiger charge is 2.20. The smallest absolute Gasteiger partial charge is 0.331 e. The molecule has 1 aromatic rings. The number of hydrogen-bond acceptors (Lipinski definition) is 4. The minimum Gasteiger partial charge on any atom is -0.508 e. The number of aliphatic carboxylic acids is 1. The van der Waals surface area contributed by atoms with Gasteiger partial charge in [-0.05, 0) is 109 Å². The first kappa shape index (κ1) is 27.5. The predicted octanol–water partition coefficient (Wildman–Crippen LogP) is 6.35. The summed E-state index contributed by atoms with van der Waals surface area (Å²) in [6.07, 6.45) is 11.0. The van der Waals surface area contributed by atoms with Crippen LogP contribution < -0.4 is 0 Å². The van der Waals surface area contributed by atoms with Gasteiger partial charge in [0, 0.05) is 5.57 Å². The van der Waals surface area contributed by atoms with Crippen molar-refractivity contribution in [3.63, 3.8) is 0 Å². The lowest BCUT2D eigenvalue weighted by Crippen LogP contribution is -2.24. The van der Waals surface area contributed by atoms with Crippen LogP contribution in [0, 0.1) is 6.92 Å². The van der Waals surface area contributed by atoms with Gasteiger partial charge in [0.25, 0.3) is 0 Å². The van der Waals surface area contributed by atoms with E-state index in [9.17, 15) is 25.2 Å². The first-order chi connectivity index (χ1) is 14.9. The fourth-order valence-electron chi connectivity index (χ4n) is 3.57. The van der Waals surface area contributed by atoms with Crippen LogP contribution in [-0.2, 0) is 11.2 Å². The summed E-state index contributed by atoms with van der Waals surface area (Å²) >= 11 is 0. The van der Waals surface area contributed by atoms with E-state index in [0.717, 1.165) is 19.3 Å². The standard InChI is InChI=1S/C27H40O5/c1-19(2)9-6-12-22(26(30)31)13-7-10-20(3)11-8-15-27(5,32)16-14-23-18-24(28)17-21(4)25(23)29/h9,11,13,17-18,28-29,32H,6-8,10,12,14-16H2,1-5H3,(H,30,31)/b20-11+,22-13+/t27-/m1/s1. The summed E-state index contributed by atoms with van der Waals surface area (Å²) in [4.78, 5) is 11.4. The Morgan fingerprint density at radius 1 is 0.969 bits per heavy atom. The zero-order valence-electron chi connectivity index (χ0n) is 20.2. The van der Waals surface area contributed by atoms with Crippen LogP contribution in [0.2, 0.25) is 0 Å². The Morgan fingerprint density at radius 3 is 2.25 bits per heavy atom. The number of phenolic OH excluding ortho intramolecular Hbond substituents is 2. The molecule has 4 N–H and O–H groups in total. The Morgan fingerprint density at radius 2 is 1.62 bits per heavy atom. The molecule has 0 aliphatic carbocycles. The van der Waals surface area contributed by atoms with Crippen molar-refractivity contribution < 1.29 is 25.2 Å². The van der Waals surface area contributed by atoms with Crippen molar-refractivity contribution in [2.75, 3.05) is 0 Å². The molecule has 1 rings (SSSR count). The Balaban J connectivity index is 2.51. The summed E-state index contributed by atoms with van der Waals surface area (Å²) in [5.74, 6) is -0.563. The molecule has 0 saturated carbocycles. The topological polar surface area (TPSA) is 98.0 Å². The number of carboxylic acids is 1. The van der Waals surface area contributed by atoms with Crippen molar-refractivity contribution in [1.82, 2.24) is 0 Å². The SMILES string of the molecule is CC(C)=CCC/C(=C\CC/C(C)=C/CC[C@@](C)(O)CCc1cc(O)cc(C)c1O)C(=O)O. The third-order valence-corrected chi connectivity index (χ3v) is 5.64. The molecule has 178 valence electrons. The molecule has 0 aromatic heterocycles. The molecule has 0 saturated heterocycles. The molecule has 1 aromatic carbocycles. The molecule has 0 amide bonds. The molecule has 0 radical (unpaired) electrons. The lowest BCUT2D eigenvalue weighted by Gasteiger charge is -2.23. The minimum absolute atomic E-state index is 0.116. The van der Waals surface area contributed by atoms with E-state index in [2.05, 4.69) is 12.2 Å². The number of rotatable bonds is 13. The Bertz CT molecular complexity index is 855. The molecule has 0 spiro atoms. The van der Waals surface area contributed by atoms with Crippen molar-refractivity contribution >= 4 is 5.97 Å². The number of carbonyl (C=O) groups is 1. The molecular weight excluding hydrogens is 404 g/mol. The van der Waals surface area contributed by atoms with Crippen molar-refractivity contribution in [1.29, 1.82) is 0 Å². The van der Waals surface area contributed by atoms with Crippen LogP contribution in [0.25, 0.3) is 0 Å². The Kier molecular flexibility index (Phi) is 11.3. The first-order valence-electron chi connectivity index (χ1n) is 11.4. The first-order valence-corrected chi connectivity index (χ1v) is 11.4. The summed E-state index contributed by atoms with van der Waals surface area (Å²) in [6, 6.07) is 3.06. The molecule has 5 nitrogen and oxygen atoms in total. The number of aryl methyl sites for hydroxylation is 2. The maximum atomic E-state index is 11.4. The molecule has 5 heteroatoms. The van der Waals surface area contributed by atoms with Gasteiger partial charge in [0.05, 0.1) is 5.60 Å². The van der Waals surface area contributed by atoms with Gasteiger partial charge in [-0.15, -0.1) is 0 Å². The van der Waals surface area contributed by atoms with Crippen molar-refractivity contribution in [3.8, 4) is 11.5 Å². The molecule has 0 aliphatic rings. The number of allylic oxidation sites excluding steroid dienone is 5. The van der Waals surface area contributed by atoms with E-state index < -0.39 is 11.6 Å². The zero-order valence-corrected chi connectivity index (χ0v) is 20.2. The molecule has 0 fully saturated rings. The van der Waals surface area contributed by atoms with E-state index in [1.165, 1.54) is 17.2 Å². The second kappa shape index (κ2) is 13.1. The van der Waals surface area contributed by atoms with E-state index in [4.69, 9.17) is 0 Å². The van der Waals surface area contributed by atoms with Crippen molar-refractivity contribution in [2.45, 2.75) is 91.6 Å². The predicted molar refractivity (Wildman–Crippen MR) is 130 cm³/mol. The molecule has 0 heterocycles. The summed E-state index contributed by atoms with van der Waals surface area (Å²) in [6.45, 7) is 9.57. The summed E-state index contributed by atoms with van der Waals surface area (Å²) < 4.78 is 0. The minimum atomic E-state index is -0.885. The van der Waals surface area contributed by atoms with Gasteiger partial charge in [0.15, 0.2) is 0 Å². The second-order valence-corrected chi connectivity index (χ2v) is 9.25. The highest BCUT2D eigenvalue weighted by Crippen LogP contribution is 2.30. The van der Waals surface area contributed by atoms with Gasteiger partial charge in [-0.25, -0.2) is 4.79 Å². The normalized spacial score (nSPS) is 14.2. The maximum Gasteiger partial charge on any atom is 0.331 e. The monoisotopic (exact) mass is 444 g/mol. The van der Waals surface area contributed by atoms with Gasteiger partial charge in [0.2, 0.25) is 0 Å². The zero-order chi connectivity index (χ0) is 24.3. The summed E-state index contributed by atoms with van der Waals surface area (Å²) in [5, 5.41) is 39.9. The fraction of sp³-hybridized carbons (Fsp3) is 0.519. The number of carboxylic acid groups (broad SMARTS) is 1. The second-order valence-electron chi connectivity index (χ2n) is 9.25. The number of aromatic hydroxyl groups is 2. The van der Waals surface area contributed by atoms with Gasteiger partial charge >= 0.3 is 5.97 Å². The van der Waals surface area contributed by atoms with E-state index in [1.54, 1.807) is 19.9 Å². The average Bonchev–Trinajstić information content (AvgIpc) is 2.68. The van der Waals surface area contributed by atoms with Crippen LogP contribution in [0.4, 0.5) is 0 Å². The van der Waals surface area contributed by atoms with Crippen LogP contribution in [0.3, 0.4) is 0 Å². The van der Waals surface area contributed by atoms with Crippen LogP contribution in [0.5, 0.6) is 11.5 Å². The highest BCUT2D eigenvalue weighted by molar-refractivity contribution is 5.86. The molecule has 1 atom stereocenters. The molecule has 0 aliphatic heterocycles. The van der Waals surface area contributed by atoms with E-state index in [0.29, 0.717) is 48.8 Å². The average molecular weight is 445 g/mol. The molecule has 32 heavy (non-hydrogen) atoms. The molecular formula is C27H40O5. The van der Waals surface area contributed by atoms with Gasteiger partial charge < -0.3 is 20.4 Å². The van der Waals surface area contributed by atoms with Gasteiger partial charge in [-0.2, -0.15) is 0 Å². The fourth-order valence-corrected chi connectivity index (χ4v) is 3.57.